The molecule has 0 heterocycles. The first-order chi connectivity index (χ1) is 44.1. The zero-order valence-corrected chi connectivity index (χ0v) is 53.7. The van der Waals surface area contributed by atoms with Crippen LogP contribution < -0.4 is 33.2 Å². The summed E-state index contributed by atoms with van der Waals surface area (Å²) in [6.45, 7) is 21.9. The zero-order valence-electron chi connectivity index (χ0n) is 53.7. The van der Waals surface area contributed by atoms with Crippen molar-refractivity contribution in [1.82, 2.24) is 0 Å². The minimum atomic E-state index is -0.850. The molecule has 3 N–H and O–H groups in total. The monoisotopic (exact) mass is 1240 g/mol. The molecule has 0 aliphatic heterocycles. The van der Waals surface area contributed by atoms with E-state index in [1.807, 2.05) is 125 Å². The van der Waals surface area contributed by atoms with Crippen molar-refractivity contribution in [3.63, 3.8) is 0 Å². The number of para-hydroxylation sites is 4. The van der Waals surface area contributed by atoms with Crippen LogP contribution in [0, 0.1) is 0 Å². The molecule has 10 rings (SSSR count). The molecule has 0 bridgehead atoms. The van der Waals surface area contributed by atoms with Gasteiger partial charge in [0.2, 0.25) is 0 Å². The molecule has 0 unspecified atom stereocenters. The summed E-state index contributed by atoms with van der Waals surface area (Å²) in [6.07, 6.45) is -2.40. The second-order valence-corrected chi connectivity index (χ2v) is 21.3. The predicted molar refractivity (Wildman–Crippen MR) is 360 cm³/mol. The number of aromatic hydroxyl groups is 3. The molecule has 0 amide bonds. The van der Waals surface area contributed by atoms with E-state index in [9.17, 15) is 29.4 Å². The third-order valence-electron chi connectivity index (χ3n) is 13.9. The first kappa shape index (κ1) is 71.6. The quantitative estimate of drug-likeness (QED) is 0.0561. The van der Waals surface area contributed by atoms with Crippen LogP contribution in [-0.4, -0.2) is 39.8 Å². The molecule has 92 heavy (non-hydrogen) atoms. The van der Waals surface area contributed by atoms with Crippen LogP contribution in [-0.2, 0) is 21.0 Å². The molecular weight excluding hydrogens is 1160 g/mol. The number of carbonyl (C=O) groups excluding carboxylic acids is 4. The van der Waals surface area contributed by atoms with Gasteiger partial charge in [0.05, 0.1) is 0 Å². The highest BCUT2D eigenvalue weighted by Crippen LogP contribution is 2.36. The number of hydrogen-bond acceptors (Lipinski definition) is 14. The molecule has 0 aliphatic rings. The molecule has 0 fully saturated rings. The summed E-state index contributed by atoms with van der Waals surface area (Å²) in [7, 11) is 0. The summed E-state index contributed by atoms with van der Waals surface area (Å²) in [6, 6.07) is 78.5. The number of phenolic OH excluding ortho intramolecular Hbond substituents is 3. The largest absolute Gasteiger partial charge is 0.519 e. The summed E-state index contributed by atoms with van der Waals surface area (Å²) >= 11 is 0. The molecule has 0 saturated heterocycles. The minimum absolute atomic E-state index is 0.151. The first-order valence-electron chi connectivity index (χ1n) is 29.9. The molecular formula is C78H80O14. The number of benzene rings is 10. The Morgan fingerprint density at radius 2 is 0.402 bits per heavy atom. The second kappa shape index (κ2) is 35.8. The fourth-order valence-corrected chi connectivity index (χ4v) is 8.71. The lowest BCUT2D eigenvalue weighted by atomic mass is 9.78. The van der Waals surface area contributed by atoms with Crippen LogP contribution in [0.5, 0.6) is 57.5 Å². The summed E-state index contributed by atoms with van der Waals surface area (Å²) in [4.78, 5) is 47.3. The molecule has 10 aromatic rings. The van der Waals surface area contributed by atoms with Crippen molar-refractivity contribution in [2.45, 2.75) is 92.4 Å². The Morgan fingerprint density at radius 1 is 0.239 bits per heavy atom. The van der Waals surface area contributed by atoms with Gasteiger partial charge in [-0.05, 0) is 155 Å². The summed E-state index contributed by atoms with van der Waals surface area (Å²) in [5.74, 6) is 3.37. The van der Waals surface area contributed by atoms with Crippen molar-refractivity contribution in [3.8, 4) is 57.5 Å². The molecule has 0 aromatic heterocycles. The summed E-state index contributed by atoms with van der Waals surface area (Å²) in [5, 5.41) is 27.2. The van der Waals surface area contributed by atoms with E-state index in [-0.39, 0.29) is 28.3 Å². The fraction of sp³-hybridized carbons (Fsp3) is 0.179. The molecule has 0 atom stereocenters. The van der Waals surface area contributed by atoms with E-state index in [1.54, 1.807) is 170 Å². The average molecular weight is 1240 g/mol. The minimum Gasteiger partial charge on any atom is -0.508 e. The van der Waals surface area contributed by atoms with Crippen LogP contribution in [0.1, 0.15) is 110 Å². The van der Waals surface area contributed by atoms with Gasteiger partial charge in [-0.2, -0.15) is 0 Å². The Bertz CT molecular complexity index is 3690. The highest BCUT2D eigenvalue weighted by molar-refractivity contribution is 5.70. The fourth-order valence-electron chi connectivity index (χ4n) is 8.71. The molecule has 476 valence electrons. The number of esters is 1. The van der Waals surface area contributed by atoms with Crippen molar-refractivity contribution < 1.29 is 67.7 Å². The predicted octanol–water partition coefficient (Wildman–Crippen LogP) is 19.6. The van der Waals surface area contributed by atoms with Crippen LogP contribution in [0.4, 0.5) is 14.4 Å². The number of carbonyl (C=O) groups is 4. The number of ether oxygens (including phenoxy) is 7. The number of rotatable bonds is 13. The van der Waals surface area contributed by atoms with Gasteiger partial charge in [-0.1, -0.05) is 215 Å². The van der Waals surface area contributed by atoms with E-state index in [0.717, 1.165) is 33.4 Å². The zero-order chi connectivity index (χ0) is 67.1. The molecule has 14 heteroatoms. The van der Waals surface area contributed by atoms with Crippen molar-refractivity contribution in [1.29, 1.82) is 0 Å². The Balaban J connectivity index is 0.000000280. The van der Waals surface area contributed by atoms with Crippen LogP contribution in [0.3, 0.4) is 0 Å². The SMILES string of the molecule is CC.CC.CC(=O)Oc1ccc(C(C)(C)c2ccc(OC(=O)Oc3ccc(C(C)(C)c4ccc(OC(=O)Oc5ccccc5)cc4)cc3)cc2)cc1.CC(C)(c1ccc(O)cc1)c1ccc(O)cc1.O=C(Oc1ccccc1)Oc1ccccc1.Oc1ccccc1. The van der Waals surface area contributed by atoms with Crippen molar-refractivity contribution in [3.05, 3.63) is 300 Å². The lowest BCUT2D eigenvalue weighted by Crippen LogP contribution is -2.19. The molecule has 0 spiro atoms. The van der Waals surface area contributed by atoms with E-state index < -0.39 is 23.9 Å². The van der Waals surface area contributed by atoms with Crippen LogP contribution >= 0.6 is 0 Å². The number of phenols is 3. The highest BCUT2D eigenvalue weighted by atomic mass is 16.7. The van der Waals surface area contributed by atoms with Crippen LogP contribution in [0.25, 0.3) is 0 Å². The lowest BCUT2D eigenvalue weighted by Gasteiger charge is -2.26. The Labute approximate surface area is 539 Å². The molecule has 0 aliphatic carbocycles. The van der Waals surface area contributed by atoms with Crippen LogP contribution in [0.2, 0.25) is 0 Å². The van der Waals surface area contributed by atoms with E-state index in [4.69, 9.17) is 38.3 Å². The van der Waals surface area contributed by atoms with Gasteiger partial charge in [0.25, 0.3) is 0 Å². The van der Waals surface area contributed by atoms with E-state index in [2.05, 4.69) is 41.5 Å². The smallest absolute Gasteiger partial charge is 0.508 e. The molecule has 14 nitrogen and oxygen atoms in total. The summed E-state index contributed by atoms with van der Waals surface area (Å²) < 4.78 is 36.4. The van der Waals surface area contributed by atoms with Gasteiger partial charge in [-0.15, -0.1) is 0 Å². The highest BCUT2D eigenvalue weighted by Gasteiger charge is 2.26. The standard InChI is InChI=1S/C40H36O8.C15H16O2.C13H10O3.C6H6O.2C2H6/c1-27(41)44-33-19-11-28(12-20-33)39(2,3)29-15-23-35(24-16-29)47-38(43)48-36-25-17-31(18-26-36)40(4,5)30-13-21-34(22-14-30)46-37(42)45-32-9-7-6-8-10-32;1-15(2,11-3-7-13(16)8-4-11)12-5-9-14(17)10-6-12;14-13(15-11-7-3-1-4-8-11)16-12-9-5-2-6-10-12;7-6-4-2-1-3-5-6;2*1-2/h6-26H,1-5H3;3-10,16-17H,1-2H3;1-10H;1-5,7H;2*1-2H3. The maximum atomic E-state index is 12.6. The van der Waals surface area contributed by atoms with Gasteiger partial charge in [0, 0.05) is 23.2 Å². The lowest BCUT2D eigenvalue weighted by molar-refractivity contribution is -0.131. The maximum absolute atomic E-state index is 12.6. The maximum Gasteiger partial charge on any atom is 0.519 e. The molecule has 10 aromatic carbocycles. The van der Waals surface area contributed by atoms with Crippen molar-refractivity contribution >= 4 is 24.4 Å². The van der Waals surface area contributed by atoms with E-state index >= 15 is 0 Å². The van der Waals surface area contributed by atoms with Gasteiger partial charge < -0.3 is 48.5 Å². The second-order valence-electron chi connectivity index (χ2n) is 21.3. The van der Waals surface area contributed by atoms with Crippen LogP contribution in [0.15, 0.2) is 267 Å². The van der Waals surface area contributed by atoms with Gasteiger partial charge in [-0.3, -0.25) is 4.79 Å². The Hall–Kier alpha value is -11.1. The normalized spacial score (nSPS) is 10.4. The van der Waals surface area contributed by atoms with Crippen molar-refractivity contribution in [2.75, 3.05) is 0 Å². The number of hydrogen-bond donors (Lipinski definition) is 3. The van der Waals surface area contributed by atoms with Gasteiger partial charge in [-0.25, -0.2) is 14.4 Å². The third-order valence-corrected chi connectivity index (χ3v) is 13.9. The van der Waals surface area contributed by atoms with E-state index in [1.165, 1.54) is 6.92 Å². The van der Waals surface area contributed by atoms with Crippen molar-refractivity contribution in [2.24, 2.45) is 0 Å². The molecule has 0 radical (unpaired) electrons. The third kappa shape index (κ3) is 22.8. The Kier molecular flexibility index (Phi) is 27.8. The summed E-state index contributed by atoms with van der Waals surface area (Å²) in [5.41, 5.74) is 5.37. The average Bonchev–Trinajstić information content (AvgIpc) is 0.891. The topological polar surface area (TPSA) is 194 Å². The molecule has 0 saturated carbocycles. The van der Waals surface area contributed by atoms with E-state index in [0.29, 0.717) is 46.0 Å². The van der Waals surface area contributed by atoms with Gasteiger partial charge in [0.1, 0.15) is 57.5 Å². The van der Waals surface area contributed by atoms with Gasteiger partial charge >= 0.3 is 24.4 Å². The Morgan fingerprint density at radius 3 is 0.587 bits per heavy atom. The first-order valence-corrected chi connectivity index (χ1v) is 29.9. The van der Waals surface area contributed by atoms with Gasteiger partial charge in [0.15, 0.2) is 0 Å².